The number of methoxy groups -OCH3 is 1. The molecule has 0 spiro atoms. The van der Waals surface area contributed by atoms with Crippen molar-refractivity contribution in [3.05, 3.63) is 0 Å². The predicted molar refractivity (Wildman–Crippen MR) is 68.4 cm³/mol. The van der Waals surface area contributed by atoms with Gasteiger partial charge in [0.05, 0.1) is 11.6 Å². The highest BCUT2D eigenvalue weighted by molar-refractivity contribution is 4.96. The van der Waals surface area contributed by atoms with Crippen LogP contribution in [0, 0.1) is 5.92 Å². The van der Waals surface area contributed by atoms with Crippen LogP contribution in [0.4, 0.5) is 13.2 Å². The summed E-state index contributed by atoms with van der Waals surface area (Å²) in [5, 5.41) is 0. The van der Waals surface area contributed by atoms with Crippen LogP contribution in [0.2, 0.25) is 0 Å². The van der Waals surface area contributed by atoms with Gasteiger partial charge in [-0.2, -0.15) is 13.2 Å². The number of halogens is 3. The standard InChI is InChI=1S/C13H25F3N2O/c1-10-5-3-7-12(9-10,19-2)11(18-17)6-4-8-13(14,15)16/h10-11,18H,3-9,17H2,1-2H3. The Labute approximate surface area is 113 Å². The number of rotatable bonds is 6. The molecule has 1 saturated carbocycles. The van der Waals surface area contributed by atoms with E-state index in [0.29, 0.717) is 12.3 Å². The molecule has 114 valence electrons. The molecule has 0 radical (unpaired) electrons. The van der Waals surface area contributed by atoms with Gasteiger partial charge in [0.2, 0.25) is 0 Å². The summed E-state index contributed by atoms with van der Waals surface area (Å²) in [6.07, 6.45) is -0.509. The van der Waals surface area contributed by atoms with Crippen LogP contribution in [0.5, 0.6) is 0 Å². The van der Waals surface area contributed by atoms with E-state index in [-0.39, 0.29) is 12.5 Å². The van der Waals surface area contributed by atoms with Gasteiger partial charge in [-0.3, -0.25) is 11.3 Å². The molecule has 1 aliphatic carbocycles. The summed E-state index contributed by atoms with van der Waals surface area (Å²) in [6, 6.07) is -0.220. The minimum atomic E-state index is -4.10. The van der Waals surface area contributed by atoms with Gasteiger partial charge < -0.3 is 4.74 Å². The lowest BCUT2D eigenvalue weighted by atomic mass is 9.73. The molecule has 1 fully saturated rings. The van der Waals surface area contributed by atoms with Gasteiger partial charge in [0.15, 0.2) is 0 Å². The van der Waals surface area contributed by atoms with Crippen molar-refractivity contribution in [2.24, 2.45) is 11.8 Å². The molecular weight excluding hydrogens is 257 g/mol. The molecular formula is C13H25F3N2O. The summed E-state index contributed by atoms with van der Waals surface area (Å²) < 4.78 is 42.3. The van der Waals surface area contributed by atoms with Crippen LogP contribution in [0.3, 0.4) is 0 Å². The number of nitrogens with one attached hydrogen (secondary N) is 1. The van der Waals surface area contributed by atoms with Crippen molar-refractivity contribution in [3.63, 3.8) is 0 Å². The molecule has 3 N–H and O–H groups in total. The molecule has 0 aromatic carbocycles. The average molecular weight is 282 g/mol. The van der Waals surface area contributed by atoms with E-state index >= 15 is 0 Å². The van der Waals surface area contributed by atoms with E-state index in [1.54, 1.807) is 7.11 Å². The Kier molecular flexibility index (Phi) is 6.08. The highest BCUT2D eigenvalue weighted by atomic mass is 19.4. The molecule has 0 saturated heterocycles. The fourth-order valence-corrected chi connectivity index (χ4v) is 3.19. The summed E-state index contributed by atoms with van der Waals surface area (Å²) >= 11 is 0. The Hall–Kier alpha value is -0.330. The van der Waals surface area contributed by atoms with Gasteiger partial charge in [-0.05, 0) is 31.6 Å². The van der Waals surface area contributed by atoms with Crippen LogP contribution in [0.1, 0.15) is 51.9 Å². The molecule has 0 aromatic heterocycles. The van der Waals surface area contributed by atoms with Crippen molar-refractivity contribution in [1.82, 2.24) is 5.43 Å². The van der Waals surface area contributed by atoms with E-state index in [1.165, 1.54) is 0 Å². The molecule has 19 heavy (non-hydrogen) atoms. The highest BCUT2D eigenvalue weighted by Crippen LogP contribution is 2.38. The number of ether oxygens (including phenoxy) is 1. The van der Waals surface area contributed by atoms with Gasteiger partial charge in [-0.15, -0.1) is 0 Å². The maximum absolute atomic E-state index is 12.2. The van der Waals surface area contributed by atoms with E-state index in [4.69, 9.17) is 10.6 Å². The zero-order chi connectivity index (χ0) is 14.5. The molecule has 0 aromatic rings. The molecule has 0 bridgehead atoms. The summed E-state index contributed by atoms with van der Waals surface area (Å²) in [6.45, 7) is 2.15. The van der Waals surface area contributed by atoms with Gasteiger partial charge >= 0.3 is 6.18 Å². The Morgan fingerprint density at radius 1 is 1.47 bits per heavy atom. The first-order valence-corrected chi connectivity index (χ1v) is 6.91. The van der Waals surface area contributed by atoms with Crippen molar-refractivity contribution in [2.45, 2.75) is 69.7 Å². The molecule has 0 heterocycles. The fraction of sp³-hybridized carbons (Fsp3) is 1.00. The van der Waals surface area contributed by atoms with E-state index in [0.717, 1.165) is 25.7 Å². The van der Waals surface area contributed by atoms with Crippen LogP contribution in [0.15, 0.2) is 0 Å². The summed E-state index contributed by atoms with van der Waals surface area (Å²) in [5.74, 6) is 6.07. The van der Waals surface area contributed by atoms with E-state index in [9.17, 15) is 13.2 Å². The predicted octanol–water partition coefficient (Wildman–Crippen LogP) is 3.15. The molecule has 0 aliphatic heterocycles. The van der Waals surface area contributed by atoms with Crippen molar-refractivity contribution < 1.29 is 17.9 Å². The first-order valence-electron chi connectivity index (χ1n) is 6.91. The van der Waals surface area contributed by atoms with Gasteiger partial charge in [0, 0.05) is 13.5 Å². The minimum absolute atomic E-state index is 0.0812. The van der Waals surface area contributed by atoms with E-state index in [2.05, 4.69) is 12.3 Å². The van der Waals surface area contributed by atoms with Gasteiger partial charge in [-0.25, -0.2) is 0 Å². The average Bonchev–Trinajstić information content (AvgIpc) is 2.33. The third-order valence-electron chi connectivity index (χ3n) is 4.19. The molecule has 0 amide bonds. The Balaban J connectivity index is 2.59. The lowest BCUT2D eigenvalue weighted by Gasteiger charge is -2.44. The first-order chi connectivity index (χ1) is 8.83. The molecule has 3 atom stereocenters. The zero-order valence-electron chi connectivity index (χ0n) is 11.7. The van der Waals surface area contributed by atoms with Gasteiger partial charge in [-0.1, -0.05) is 19.8 Å². The monoisotopic (exact) mass is 282 g/mol. The Bertz CT molecular complexity index is 273. The van der Waals surface area contributed by atoms with Crippen molar-refractivity contribution in [2.75, 3.05) is 7.11 Å². The Morgan fingerprint density at radius 2 is 2.16 bits per heavy atom. The molecule has 3 unspecified atom stereocenters. The number of alkyl halides is 3. The molecule has 3 nitrogen and oxygen atoms in total. The largest absolute Gasteiger partial charge is 0.389 e. The second-order valence-corrected chi connectivity index (χ2v) is 5.70. The topological polar surface area (TPSA) is 47.3 Å². The number of hydrogen-bond donors (Lipinski definition) is 2. The summed E-state index contributed by atoms with van der Waals surface area (Å²) in [7, 11) is 1.63. The van der Waals surface area contributed by atoms with Gasteiger partial charge in [0.25, 0.3) is 0 Å². The normalized spacial score (nSPS) is 30.3. The SMILES string of the molecule is COC1(C(CCCC(F)(F)F)NN)CCCC(C)C1. The second kappa shape index (κ2) is 6.90. The van der Waals surface area contributed by atoms with Crippen molar-refractivity contribution >= 4 is 0 Å². The van der Waals surface area contributed by atoms with E-state index < -0.39 is 18.2 Å². The van der Waals surface area contributed by atoms with E-state index in [1.807, 2.05) is 0 Å². The maximum Gasteiger partial charge on any atom is 0.389 e. The maximum atomic E-state index is 12.2. The quantitative estimate of drug-likeness (QED) is 0.581. The molecule has 6 heteroatoms. The smallest absolute Gasteiger partial charge is 0.377 e. The van der Waals surface area contributed by atoms with Gasteiger partial charge in [0.1, 0.15) is 0 Å². The fourth-order valence-electron chi connectivity index (χ4n) is 3.19. The zero-order valence-corrected chi connectivity index (χ0v) is 11.7. The summed E-state index contributed by atoms with van der Waals surface area (Å²) in [5.41, 5.74) is 2.26. The minimum Gasteiger partial charge on any atom is -0.377 e. The molecule has 1 aliphatic rings. The van der Waals surface area contributed by atoms with Crippen molar-refractivity contribution in [1.29, 1.82) is 0 Å². The number of hydrogen-bond acceptors (Lipinski definition) is 3. The van der Waals surface area contributed by atoms with Crippen LogP contribution >= 0.6 is 0 Å². The third kappa shape index (κ3) is 4.93. The molecule has 1 rings (SSSR count). The van der Waals surface area contributed by atoms with Crippen LogP contribution in [-0.2, 0) is 4.74 Å². The van der Waals surface area contributed by atoms with Crippen molar-refractivity contribution in [3.8, 4) is 0 Å². The highest BCUT2D eigenvalue weighted by Gasteiger charge is 2.41. The Morgan fingerprint density at radius 3 is 2.63 bits per heavy atom. The van der Waals surface area contributed by atoms with Crippen LogP contribution in [-0.4, -0.2) is 24.9 Å². The first kappa shape index (κ1) is 16.7. The van der Waals surface area contributed by atoms with Crippen LogP contribution < -0.4 is 11.3 Å². The van der Waals surface area contributed by atoms with Crippen LogP contribution in [0.25, 0.3) is 0 Å². The number of nitrogens with two attached hydrogens (primary N) is 1. The lowest BCUT2D eigenvalue weighted by Crippen LogP contribution is -2.56. The third-order valence-corrected chi connectivity index (χ3v) is 4.19. The second-order valence-electron chi connectivity index (χ2n) is 5.70. The lowest BCUT2D eigenvalue weighted by molar-refractivity contribution is -0.138. The number of hydrazine groups is 1. The summed E-state index contributed by atoms with van der Waals surface area (Å²) in [4.78, 5) is 0.